The first-order valence-electron chi connectivity index (χ1n) is 4.01. The van der Waals surface area contributed by atoms with Gasteiger partial charge in [-0.1, -0.05) is 0 Å². The highest BCUT2D eigenvalue weighted by Gasteiger charge is 2.27. The number of nitrogens with zero attached hydrogens (tertiary/aromatic N) is 3. The zero-order valence-corrected chi connectivity index (χ0v) is 7.34. The normalized spacial score (nSPS) is 11.9. The molecular formula is C7H6F3N5. The summed E-state index contributed by atoms with van der Waals surface area (Å²) in [5, 5.41) is 2.17. The van der Waals surface area contributed by atoms with Gasteiger partial charge in [-0.15, -0.1) is 0 Å². The largest absolute Gasteiger partial charge is 0.405 e. The summed E-state index contributed by atoms with van der Waals surface area (Å²) in [6.07, 6.45) is -1.78. The maximum Gasteiger partial charge on any atom is 0.405 e. The molecule has 0 bridgehead atoms. The number of nitrogens with one attached hydrogen (secondary N) is 2. The van der Waals surface area contributed by atoms with Gasteiger partial charge in [0.1, 0.15) is 18.4 Å². The summed E-state index contributed by atoms with van der Waals surface area (Å²) in [6.45, 7) is -1.14. The van der Waals surface area contributed by atoms with Crippen LogP contribution in [0.2, 0.25) is 0 Å². The summed E-state index contributed by atoms with van der Waals surface area (Å²) >= 11 is 0. The lowest BCUT2D eigenvalue weighted by Crippen LogP contribution is -2.22. The summed E-state index contributed by atoms with van der Waals surface area (Å²) in [4.78, 5) is 13.9. The van der Waals surface area contributed by atoms with E-state index in [1.807, 2.05) is 0 Å². The van der Waals surface area contributed by atoms with Crippen molar-refractivity contribution in [2.24, 2.45) is 0 Å². The fourth-order valence-electron chi connectivity index (χ4n) is 1.08. The Balaban J connectivity index is 2.24. The van der Waals surface area contributed by atoms with Crippen molar-refractivity contribution in [3.63, 3.8) is 0 Å². The molecule has 2 aromatic rings. The summed E-state index contributed by atoms with van der Waals surface area (Å²) in [6, 6.07) is 0. The second kappa shape index (κ2) is 3.37. The van der Waals surface area contributed by atoms with Gasteiger partial charge in [-0.3, -0.25) is 0 Å². The molecule has 0 atom stereocenters. The molecule has 0 aromatic carbocycles. The Bertz CT molecular complexity index is 463. The Labute approximate surface area is 81.8 Å². The van der Waals surface area contributed by atoms with Gasteiger partial charge in [0, 0.05) is 0 Å². The number of aromatic nitrogens is 4. The van der Waals surface area contributed by atoms with Crippen LogP contribution in [0.5, 0.6) is 0 Å². The van der Waals surface area contributed by atoms with E-state index in [2.05, 4.69) is 25.3 Å². The summed E-state index contributed by atoms with van der Waals surface area (Å²) < 4.78 is 35.8. The van der Waals surface area contributed by atoms with Crippen LogP contribution < -0.4 is 5.32 Å². The number of hydrogen-bond donors (Lipinski definition) is 2. The zero-order chi connectivity index (χ0) is 10.9. The summed E-state index contributed by atoms with van der Waals surface area (Å²) in [5.74, 6) is 0.0924. The highest BCUT2D eigenvalue weighted by atomic mass is 19.4. The molecule has 2 rings (SSSR count). The smallest absolute Gasteiger partial charge is 0.359 e. The van der Waals surface area contributed by atoms with Gasteiger partial charge < -0.3 is 10.3 Å². The molecule has 2 aromatic heterocycles. The van der Waals surface area contributed by atoms with Crippen LogP contribution in [0.25, 0.3) is 11.2 Å². The first-order valence-corrected chi connectivity index (χ1v) is 4.01. The molecule has 15 heavy (non-hydrogen) atoms. The van der Waals surface area contributed by atoms with E-state index in [0.29, 0.717) is 11.2 Å². The van der Waals surface area contributed by atoms with Crippen molar-refractivity contribution >= 4 is 17.0 Å². The van der Waals surface area contributed by atoms with Crippen molar-refractivity contribution in [2.45, 2.75) is 6.18 Å². The van der Waals surface area contributed by atoms with Gasteiger partial charge in [0.05, 0.1) is 6.33 Å². The van der Waals surface area contributed by atoms with E-state index in [0.717, 1.165) is 6.33 Å². The minimum atomic E-state index is -4.28. The van der Waals surface area contributed by atoms with E-state index in [9.17, 15) is 13.2 Å². The molecule has 5 nitrogen and oxygen atoms in total. The monoisotopic (exact) mass is 217 g/mol. The minimum Gasteiger partial charge on any atom is -0.359 e. The van der Waals surface area contributed by atoms with Gasteiger partial charge in [0.2, 0.25) is 0 Å². The van der Waals surface area contributed by atoms with Crippen molar-refractivity contribution in [3.05, 3.63) is 12.7 Å². The van der Waals surface area contributed by atoms with Gasteiger partial charge in [0.25, 0.3) is 0 Å². The van der Waals surface area contributed by atoms with E-state index in [-0.39, 0.29) is 5.82 Å². The van der Waals surface area contributed by atoms with Gasteiger partial charge in [-0.05, 0) is 0 Å². The van der Waals surface area contributed by atoms with Gasteiger partial charge in [-0.2, -0.15) is 13.2 Å². The third-order valence-corrected chi connectivity index (χ3v) is 1.68. The van der Waals surface area contributed by atoms with Crippen LogP contribution in [0.3, 0.4) is 0 Å². The predicted octanol–water partition coefficient (Wildman–Crippen LogP) is 1.33. The van der Waals surface area contributed by atoms with Crippen molar-refractivity contribution in [3.8, 4) is 0 Å². The lowest BCUT2D eigenvalue weighted by molar-refractivity contribution is -0.115. The number of alkyl halides is 3. The minimum absolute atomic E-state index is 0.0924. The van der Waals surface area contributed by atoms with Crippen LogP contribution in [0.1, 0.15) is 0 Å². The number of fused-ring (bicyclic) bond motifs is 1. The molecule has 80 valence electrons. The van der Waals surface area contributed by atoms with Gasteiger partial charge >= 0.3 is 6.18 Å². The highest BCUT2D eigenvalue weighted by Crippen LogP contribution is 2.18. The number of anilines is 1. The van der Waals surface area contributed by atoms with Crippen LogP contribution >= 0.6 is 0 Å². The molecular weight excluding hydrogens is 211 g/mol. The first kappa shape index (κ1) is 9.69. The van der Waals surface area contributed by atoms with E-state index in [1.165, 1.54) is 6.33 Å². The average molecular weight is 217 g/mol. The second-order valence-electron chi connectivity index (χ2n) is 2.79. The average Bonchev–Trinajstić information content (AvgIpc) is 2.61. The summed E-state index contributed by atoms with van der Waals surface area (Å²) in [5.41, 5.74) is 0.691. The number of imidazole rings is 1. The lowest BCUT2D eigenvalue weighted by atomic mass is 10.5. The molecule has 0 fully saturated rings. The van der Waals surface area contributed by atoms with Crippen molar-refractivity contribution < 1.29 is 13.2 Å². The van der Waals surface area contributed by atoms with E-state index in [4.69, 9.17) is 0 Å². The Hall–Kier alpha value is -1.86. The zero-order valence-electron chi connectivity index (χ0n) is 7.34. The fraction of sp³-hybridized carbons (Fsp3) is 0.286. The van der Waals surface area contributed by atoms with Crippen LogP contribution in [0.4, 0.5) is 19.0 Å². The first-order chi connectivity index (χ1) is 7.06. The Morgan fingerprint density at radius 1 is 1.27 bits per heavy atom. The molecule has 0 unspecified atom stereocenters. The van der Waals surface area contributed by atoms with E-state index in [1.54, 1.807) is 0 Å². The number of hydrogen-bond acceptors (Lipinski definition) is 4. The van der Waals surface area contributed by atoms with Crippen LogP contribution in [-0.4, -0.2) is 32.7 Å². The Morgan fingerprint density at radius 2 is 2.07 bits per heavy atom. The number of halogens is 3. The van der Waals surface area contributed by atoms with Crippen LogP contribution in [-0.2, 0) is 0 Å². The lowest BCUT2D eigenvalue weighted by Gasteiger charge is -2.08. The van der Waals surface area contributed by atoms with Crippen molar-refractivity contribution in [1.29, 1.82) is 0 Å². The third-order valence-electron chi connectivity index (χ3n) is 1.68. The van der Waals surface area contributed by atoms with Crippen LogP contribution in [0.15, 0.2) is 12.7 Å². The highest BCUT2D eigenvalue weighted by molar-refractivity contribution is 5.81. The molecule has 0 saturated heterocycles. The van der Waals surface area contributed by atoms with Crippen molar-refractivity contribution in [1.82, 2.24) is 19.9 Å². The van der Waals surface area contributed by atoms with Crippen LogP contribution in [0, 0.1) is 0 Å². The molecule has 0 saturated carbocycles. The standard InChI is InChI=1S/C7H6F3N5/c8-7(9,10)1-11-5-4-6(13-2-12-4)15-3-14-5/h2-3H,1H2,(H2,11,12,13,14,15). The number of H-pyrrole nitrogens is 1. The molecule has 0 radical (unpaired) electrons. The van der Waals surface area contributed by atoms with Gasteiger partial charge in [-0.25, -0.2) is 15.0 Å². The molecule has 0 amide bonds. The van der Waals surface area contributed by atoms with E-state index >= 15 is 0 Å². The topological polar surface area (TPSA) is 66.5 Å². The molecule has 0 aliphatic rings. The predicted molar refractivity (Wildman–Crippen MR) is 46.2 cm³/mol. The molecule has 8 heteroatoms. The number of aromatic amines is 1. The molecule has 0 aliphatic heterocycles. The maximum absolute atomic E-state index is 11.9. The van der Waals surface area contributed by atoms with Crippen molar-refractivity contribution in [2.75, 3.05) is 11.9 Å². The second-order valence-corrected chi connectivity index (χ2v) is 2.79. The fourth-order valence-corrected chi connectivity index (χ4v) is 1.08. The maximum atomic E-state index is 11.9. The van der Waals surface area contributed by atoms with E-state index < -0.39 is 12.7 Å². The third kappa shape index (κ3) is 2.14. The van der Waals surface area contributed by atoms with Gasteiger partial charge in [0.15, 0.2) is 11.5 Å². The number of rotatable bonds is 2. The quantitative estimate of drug-likeness (QED) is 0.796. The Morgan fingerprint density at radius 3 is 2.80 bits per heavy atom. The Kier molecular flexibility index (Phi) is 2.18. The summed E-state index contributed by atoms with van der Waals surface area (Å²) in [7, 11) is 0. The SMILES string of the molecule is FC(F)(F)CNc1ncnc2nc[nH]c12. The molecule has 0 spiro atoms. The molecule has 0 aliphatic carbocycles. The molecule has 2 N–H and O–H groups in total. The molecule has 2 heterocycles.